The monoisotopic (exact) mass is 280 g/mol. The molecule has 0 radical (unpaired) electrons. The Morgan fingerprint density at radius 2 is 1.84 bits per heavy atom. The lowest BCUT2D eigenvalue weighted by Gasteiger charge is -2.27. The molecule has 2 unspecified atom stereocenters. The fraction of sp³-hybridized carbons (Fsp3) is 0.625. The minimum Gasteiger partial charge on any atom is -0.309 e. The maximum absolute atomic E-state index is 3.65. The highest BCUT2D eigenvalue weighted by molar-refractivity contribution is 7.99. The second kappa shape index (κ2) is 9.40. The molecule has 108 valence electrons. The topological polar surface area (TPSA) is 15.3 Å². The molecule has 0 aliphatic rings. The summed E-state index contributed by atoms with van der Waals surface area (Å²) >= 11 is 2.09. The molecule has 0 fully saturated rings. The summed E-state index contributed by atoms with van der Waals surface area (Å²) in [5.41, 5.74) is 1.41. The number of thioether (sulfide) groups is 1. The Kier molecular flexibility index (Phi) is 8.19. The highest BCUT2D eigenvalue weighted by Gasteiger charge is 2.20. The molecule has 0 aromatic heterocycles. The van der Waals surface area contributed by atoms with E-state index in [2.05, 4.69) is 80.3 Å². The van der Waals surface area contributed by atoms with Crippen LogP contribution in [0.15, 0.2) is 30.3 Å². The lowest BCUT2D eigenvalue weighted by molar-refractivity contribution is 0.436. The van der Waals surface area contributed by atoms with Gasteiger partial charge in [-0.15, -0.1) is 0 Å². The van der Waals surface area contributed by atoms with Crippen LogP contribution in [0.25, 0.3) is 0 Å². The lowest BCUT2D eigenvalue weighted by Crippen LogP contribution is -2.30. The van der Waals surface area contributed by atoms with Gasteiger partial charge in [0.15, 0.2) is 0 Å². The van der Waals surface area contributed by atoms with Crippen LogP contribution in [0.1, 0.15) is 31.9 Å². The van der Waals surface area contributed by atoms with Crippen molar-refractivity contribution in [1.82, 2.24) is 10.2 Å². The SMILES string of the molecule is CCNC(c1ccccc1)C(CC)SCCN(C)C. The summed E-state index contributed by atoms with van der Waals surface area (Å²) in [6, 6.07) is 11.3. The van der Waals surface area contributed by atoms with Crippen LogP contribution >= 0.6 is 11.8 Å². The fourth-order valence-corrected chi connectivity index (χ4v) is 3.64. The van der Waals surface area contributed by atoms with E-state index in [0.29, 0.717) is 11.3 Å². The first-order valence-electron chi connectivity index (χ1n) is 7.23. The molecule has 2 nitrogen and oxygen atoms in total. The first-order chi connectivity index (χ1) is 9.19. The lowest BCUT2D eigenvalue weighted by atomic mass is 10.0. The molecule has 3 heteroatoms. The molecule has 1 aromatic carbocycles. The normalized spacial score (nSPS) is 14.6. The number of benzene rings is 1. The molecule has 0 bridgehead atoms. The molecule has 0 spiro atoms. The van der Waals surface area contributed by atoms with Crippen LogP contribution in [0.2, 0.25) is 0 Å². The first-order valence-corrected chi connectivity index (χ1v) is 8.28. The molecule has 0 amide bonds. The maximum atomic E-state index is 3.65. The summed E-state index contributed by atoms with van der Waals surface area (Å²) in [5, 5.41) is 4.29. The van der Waals surface area contributed by atoms with Gasteiger partial charge in [0.05, 0.1) is 0 Å². The van der Waals surface area contributed by atoms with Crippen LogP contribution in [-0.4, -0.2) is 43.1 Å². The third-order valence-corrected chi connectivity index (χ3v) is 4.68. The molecule has 1 rings (SSSR count). The molecule has 0 heterocycles. The molecule has 0 saturated carbocycles. The number of nitrogens with zero attached hydrogens (tertiary/aromatic N) is 1. The van der Waals surface area contributed by atoms with Crippen LogP contribution in [0, 0.1) is 0 Å². The third-order valence-electron chi connectivity index (χ3n) is 3.23. The van der Waals surface area contributed by atoms with Crippen molar-refractivity contribution in [1.29, 1.82) is 0 Å². The molecule has 0 aliphatic heterocycles. The molecule has 0 saturated heterocycles. The quantitative estimate of drug-likeness (QED) is 0.746. The van der Waals surface area contributed by atoms with Gasteiger partial charge < -0.3 is 10.2 Å². The molecule has 19 heavy (non-hydrogen) atoms. The van der Waals surface area contributed by atoms with E-state index in [9.17, 15) is 0 Å². The van der Waals surface area contributed by atoms with E-state index >= 15 is 0 Å². The second-order valence-corrected chi connectivity index (χ2v) is 6.41. The molecule has 2 atom stereocenters. The van der Waals surface area contributed by atoms with Crippen molar-refractivity contribution in [2.24, 2.45) is 0 Å². The number of rotatable bonds is 9. The Hall–Kier alpha value is -0.510. The van der Waals surface area contributed by atoms with Crippen molar-refractivity contribution in [2.45, 2.75) is 31.6 Å². The zero-order valence-corrected chi connectivity index (χ0v) is 13.5. The van der Waals surface area contributed by atoms with Gasteiger partial charge in [0.25, 0.3) is 0 Å². The van der Waals surface area contributed by atoms with Gasteiger partial charge in [0.2, 0.25) is 0 Å². The highest BCUT2D eigenvalue weighted by atomic mass is 32.2. The van der Waals surface area contributed by atoms with Crippen LogP contribution in [0.4, 0.5) is 0 Å². The van der Waals surface area contributed by atoms with Gasteiger partial charge in [-0.05, 0) is 32.6 Å². The number of hydrogen-bond acceptors (Lipinski definition) is 3. The van der Waals surface area contributed by atoms with Gasteiger partial charge in [0, 0.05) is 23.6 Å². The molecule has 1 N–H and O–H groups in total. The minimum atomic E-state index is 0.461. The first kappa shape index (κ1) is 16.5. The third kappa shape index (κ3) is 5.98. The average molecular weight is 280 g/mol. The Morgan fingerprint density at radius 1 is 1.16 bits per heavy atom. The van der Waals surface area contributed by atoms with Gasteiger partial charge in [-0.2, -0.15) is 11.8 Å². The van der Waals surface area contributed by atoms with Crippen molar-refractivity contribution in [2.75, 3.05) is 32.9 Å². The van der Waals surface area contributed by atoms with Gasteiger partial charge in [0.1, 0.15) is 0 Å². The molecule has 0 aliphatic carbocycles. The summed E-state index contributed by atoms with van der Waals surface area (Å²) in [4.78, 5) is 2.25. The predicted molar refractivity (Wildman–Crippen MR) is 88.0 cm³/mol. The summed E-state index contributed by atoms with van der Waals surface area (Å²) in [6.07, 6.45) is 1.20. The standard InChI is InChI=1S/C16H28N2S/c1-5-15(19-13-12-18(3)4)16(17-6-2)14-10-8-7-9-11-14/h7-11,15-17H,5-6,12-13H2,1-4H3. The van der Waals surface area contributed by atoms with Crippen LogP contribution in [0.3, 0.4) is 0 Å². The van der Waals surface area contributed by atoms with Gasteiger partial charge in [-0.3, -0.25) is 0 Å². The maximum Gasteiger partial charge on any atom is 0.0440 e. The summed E-state index contributed by atoms with van der Waals surface area (Å²) in [7, 11) is 4.28. The average Bonchev–Trinajstić information content (AvgIpc) is 2.42. The zero-order chi connectivity index (χ0) is 14.1. The Bertz CT molecular complexity index is 327. The van der Waals surface area contributed by atoms with Gasteiger partial charge >= 0.3 is 0 Å². The summed E-state index contributed by atoms with van der Waals surface area (Å²) in [5.74, 6) is 1.19. The van der Waals surface area contributed by atoms with E-state index in [4.69, 9.17) is 0 Å². The van der Waals surface area contributed by atoms with E-state index in [1.54, 1.807) is 0 Å². The minimum absolute atomic E-state index is 0.461. The molecular weight excluding hydrogens is 252 g/mol. The van der Waals surface area contributed by atoms with E-state index in [1.807, 2.05) is 0 Å². The largest absolute Gasteiger partial charge is 0.309 e. The van der Waals surface area contributed by atoms with Crippen molar-refractivity contribution < 1.29 is 0 Å². The Morgan fingerprint density at radius 3 is 2.37 bits per heavy atom. The molecular formula is C16H28N2S. The Labute approximate surface area is 123 Å². The Balaban J connectivity index is 2.66. The number of hydrogen-bond donors (Lipinski definition) is 1. The summed E-state index contributed by atoms with van der Waals surface area (Å²) < 4.78 is 0. The van der Waals surface area contributed by atoms with E-state index < -0.39 is 0 Å². The van der Waals surface area contributed by atoms with Crippen LogP contribution in [-0.2, 0) is 0 Å². The van der Waals surface area contributed by atoms with E-state index in [0.717, 1.165) is 13.1 Å². The van der Waals surface area contributed by atoms with Crippen molar-refractivity contribution >= 4 is 11.8 Å². The van der Waals surface area contributed by atoms with E-state index in [1.165, 1.54) is 17.7 Å². The predicted octanol–water partition coefficient (Wildman–Crippen LogP) is 3.41. The second-order valence-electron chi connectivity index (χ2n) is 5.07. The van der Waals surface area contributed by atoms with Gasteiger partial charge in [-0.1, -0.05) is 44.2 Å². The van der Waals surface area contributed by atoms with Crippen molar-refractivity contribution in [3.05, 3.63) is 35.9 Å². The van der Waals surface area contributed by atoms with Crippen LogP contribution < -0.4 is 5.32 Å². The number of nitrogens with one attached hydrogen (secondary N) is 1. The molecule has 1 aromatic rings. The van der Waals surface area contributed by atoms with Crippen LogP contribution in [0.5, 0.6) is 0 Å². The smallest absolute Gasteiger partial charge is 0.0440 e. The van der Waals surface area contributed by atoms with Gasteiger partial charge in [-0.25, -0.2) is 0 Å². The van der Waals surface area contributed by atoms with Crippen molar-refractivity contribution in [3.63, 3.8) is 0 Å². The summed E-state index contributed by atoms with van der Waals surface area (Å²) in [6.45, 7) is 6.65. The highest BCUT2D eigenvalue weighted by Crippen LogP contribution is 2.29. The van der Waals surface area contributed by atoms with Crippen molar-refractivity contribution in [3.8, 4) is 0 Å². The fourth-order valence-electron chi connectivity index (χ4n) is 2.18. The van der Waals surface area contributed by atoms with E-state index in [-0.39, 0.29) is 0 Å². The zero-order valence-electron chi connectivity index (χ0n) is 12.7.